The first-order valence-electron chi connectivity index (χ1n) is 7.67. The van der Waals surface area contributed by atoms with Crippen LogP contribution in [0.1, 0.15) is 37.9 Å². The van der Waals surface area contributed by atoms with E-state index in [0.717, 1.165) is 23.0 Å². The highest BCUT2D eigenvalue weighted by Crippen LogP contribution is 2.48. The summed E-state index contributed by atoms with van der Waals surface area (Å²) in [6, 6.07) is 2.30. The monoisotopic (exact) mass is 311 g/mol. The molecule has 0 N–H and O–H groups in total. The average Bonchev–Trinajstić information content (AvgIpc) is 3.17. The van der Waals surface area contributed by atoms with Crippen LogP contribution in [-0.4, -0.2) is 20.3 Å². The zero-order chi connectivity index (χ0) is 15.7. The van der Waals surface area contributed by atoms with Gasteiger partial charge in [-0.2, -0.15) is 0 Å². The molecule has 2 aromatic rings. The van der Waals surface area contributed by atoms with E-state index in [9.17, 15) is 0 Å². The van der Waals surface area contributed by atoms with Gasteiger partial charge in [0.2, 0.25) is 0 Å². The van der Waals surface area contributed by atoms with E-state index in [-0.39, 0.29) is 0 Å². The number of rotatable bonds is 5. The molecule has 1 fully saturated rings. The first kappa shape index (κ1) is 15.2. The second-order valence-electron chi connectivity index (χ2n) is 6.08. The van der Waals surface area contributed by atoms with Crippen molar-refractivity contribution in [2.75, 3.05) is 5.75 Å². The summed E-state index contributed by atoms with van der Waals surface area (Å²) in [7, 11) is 2.01. The maximum absolute atomic E-state index is 5.42. The lowest BCUT2D eigenvalue weighted by Crippen LogP contribution is -2.04. The standard InChI is InChI=1S/C18H21N3S/c1-5-7-14-12-20-17(21(14)4)16-15(22-6-2)10-13(11-19-16)18(3)8-9-18/h1,10-12H,6-9H2,2-4H3. The molecule has 3 nitrogen and oxygen atoms in total. The molecule has 2 heterocycles. The Morgan fingerprint density at radius 3 is 2.77 bits per heavy atom. The third kappa shape index (κ3) is 2.66. The van der Waals surface area contributed by atoms with E-state index in [4.69, 9.17) is 11.4 Å². The maximum atomic E-state index is 5.42. The van der Waals surface area contributed by atoms with Gasteiger partial charge in [0.1, 0.15) is 5.69 Å². The summed E-state index contributed by atoms with van der Waals surface area (Å²) in [5, 5.41) is 0. The molecule has 1 aliphatic rings. The summed E-state index contributed by atoms with van der Waals surface area (Å²) in [5.41, 5.74) is 3.70. The number of pyridine rings is 1. The van der Waals surface area contributed by atoms with Gasteiger partial charge in [-0.15, -0.1) is 24.1 Å². The van der Waals surface area contributed by atoms with Gasteiger partial charge in [-0.1, -0.05) is 13.8 Å². The van der Waals surface area contributed by atoms with Crippen molar-refractivity contribution in [1.29, 1.82) is 0 Å². The molecular formula is C18H21N3S. The Labute approximate surface area is 136 Å². The number of hydrogen-bond acceptors (Lipinski definition) is 3. The van der Waals surface area contributed by atoms with Crippen molar-refractivity contribution in [3.05, 3.63) is 29.7 Å². The minimum absolute atomic E-state index is 0.338. The Bertz CT molecular complexity index is 735. The van der Waals surface area contributed by atoms with Gasteiger partial charge in [-0.25, -0.2) is 4.98 Å². The molecule has 114 valence electrons. The number of hydrogen-bond donors (Lipinski definition) is 0. The highest BCUT2D eigenvalue weighted by molar-refractivity contribution is 7.99. The molecule has 0 amide bonds. The molecule has 0 spiro atoms. The second-order valence-corrected chi connectivity index (χ2v) is 7.38. The third-order valence-corrected chi connectivity index (χ3v) is 5.34. The predicted octanol–water partition coefficient (Wildman–Crippen LogP) is 3.82. The number of thioether (sulfide) groups is 1. The van der Waals surface area contributed by atoms with Gasteiger partial charge < -0.3 is 4.57 Å². The van der Waals surface area contributed by atoms with Gasteiger partial charge in [0, 0.05) is 30.0 Å². The fraction of sp³-hybridized carbons (Fsp3) is 0.444. The molecular weight excluding hydrogens is 290 g/mol. The molecule has 4 heteroatoms. The molecule has 0 atom stereocenters. The SMILES string of the molecule is C#CCc1cnc(-c2ncc(C3(C)CC3)cc2SCC)n1C. The Morgan fingerprint density at radius 2 is 2.14 bits per heavy atom. The van der Waals surface area contributed by atoms with Crippen molar-refractivity contribution in [1.82, 2.24) is 14.5 Å². The number of nitrogens with zero attached hydrogens (tertiary/aromatic N) is 3. The van der Waals surface area contributed by atoms with Crippen molar-refractivity contribution in [2.24, 2.45) is 7.05 Å². The van der Waals surface area contributed by atoms with Crippen molar-refractivity contribution in [2.45, 2.75) is 43.4 Å². The van der Waals surface area contributed by atoms with E-state index in [0.29, 0.717) is 11.8 Å². The van der Waals surface area contributed by atoms with E-state index in [1.54, 1.807) is 0 Å². The van der Waals surface area contributed by atoms with Crippen LogP contribution in [0.2, 0.25) is 0 Å². The molecule has 0 bridgehead atoms. The number of terminal acetylenes is 1. The van der Waals surface area contributed by atoms with Crippen LogP contribution in [0.5, 0.6) is 0 Å². The first-order chi connectivity index (χ1) is 10.6. The Kier molecular flexibility index (Phi) is 4.01. The van der Waals surface area contributed by atoms with Gasteiger partial charge >= 0.3 is 0 Å². The molecule has 2 aromatic heterocycles. The van der Waals surface area contributed by atoms with Gasteiger partial charge in [-0.05, 0) is 35.6 Å². The lowest BCUT2D eigenvalue weighted by atomic mass is 10.0. The minimum Gasteiger partial charge on any atom is -0.329 e. The fourth-order valence-electron chi connectivity index (χ4n) is 2.62. The van der Waals surface area contributed by atoms with Crippen LogP contribution in [0.25, 0.3) is 11.5 Å². The summed E-state index contributed by atoms with van der Waals surface area (Å²) < 4.78 is 2.06. The molecule has 0 aromatic carbocycles. The Morgan fingerprint density at radius 1 is 1.36 bits per heavy atom. The van der Waals surface area contributed by atoms with Crippen LogP contribution in [0.15, 0.2) is 23.4 Å². The number of imidazole rings is 1. The van der Waals surface area contributed by atoms with E-state index in [2.05, 4.69) is 35.4 Å². The van der Waals surface area contributed by atoms with Gasteiger partial charge in [-0.3, -0.25) is 4.98 Å². The summed E-state index contributed by atoms with van der Waals surface area (Å²) in [6.07, 6.45) is 12.4. The van der Waals surface area contributed by atoms with Gasteiger partial charge in [0.05, 0.1) is 6.42 Å². The summed E-state index contributed by atoms with van der Waals surface area (Å²) >= 11 is 1.83. The minimum atomic E-state index is 0.338. The van der Waals surface area contributed by atoms with E-state index >= 15 is 0 Å². The molecule has 0 saturated heterocycles. The maximum Gasteiger partial charge on any atom is 0.159 e. The van der Waals surface area contributed by atoms with Crippen molar-refractivity contribution in [3.63, 3.8) is 0 Å². The Hall–Kier alpha value is -1.73. The van der Waals surface area contributed by atoms with E-state index < -0.39 is 0 Å². The molecule has 0 unspecified atom stereocenters. The first-order valence-corrected chi connectivity index (χ1v) is 8.65. The largest absolute Gasteiger partial charge is 0.329 e. The number of aromatic nitrogens is 3. The van der Waals surface area contributed by atoms with Crippen LogP contribution in [0.4, 0.5) is 0 Å². The normalized spacial score (nSPS) is 15.5. The third-order valence-electron chi connectivity index (χ3n) is 4.43. The molecule has 1 aliphatic carbocycles. The molecule has 0 aliphatic heterocycles. The Balaban J connectivity index is 2.04. The second kappa shape index (κ2) is 5.81. The highest BCUT2D eigenvalue weighted by atomic mass is 32.2. The predicted molar refractivity (Wildman–Crippen MR) is 92.0 cm³/mol. The van der Waals surface area contributed by atoms with Crippen molar-refractivity contribution < 1.29 is 0 Å². The molecule has 3 rings (SSSR count). The molecule has 22 heavy (non-hydrogen) atoms. The van der Waals surface area contributed by atoms with Gasteiger partial charge in [0.15, 0.2) is 5.82 Å². The average molecular weight is 311 g/mol. The van der Waals surface area contributed by atoms with Crippen molar-refractivity contribution in [3.8, 4) is 23.9 Å². The summed E-state index contributed by atoms with van der Waals surface area (Å²) in [4.78, 5) is 10.5. The lowest BCUT2D eigenvalue weighted by Gasteiger charge is -2.14. The zero-order valence-corrected chi connectivity index (χ0v) is 14.2. The lowest BCUT2D eigenvalue weighted by molar-refractivity contribution is 0.775. The zero-order valence-electron chi connectivity index (χ0n) is 13.4. The van der Waals surface area contributed by atoms with Crippen LogP contribution in [0, 0.1) is 12.3 Å². The quantitative estimate of drug-likeness (QED) is 0.621. The van der Waals surface area contributed by atoms with E-state index in [1.165, 1.54) is 23.3 Å². The van der Waals surface area contributed by atoms with Crippen molar-refractivity contribution >= 4 is 11.8 Å². The smallest absolute Gasteiger partial charge is 0.159 e. The highest BCUT2D eigenvalue weighted by Gasteiger charge is 2.39. The fourth-order valence-corrected chi connectivity index (χ4v) is 3.42. The van der Waals surface area contributed by atoms with Crippen LogP contribution in [-0.2, 0) is 18.9 Å². The molecule has 0 radical (unpaired) electrons. The van der Waals surface area contributed by atoms with E-state index in [1.807, 2.05) is 31.2 Å². The topological polar surface area (TPSA) is 30.7 Å². The van der Waals surface area contributed by atoms with Crippen LogP contribution >= 0.6 is 11.8 Å². The molecule has 1 saturated carbocycles. The summed E-state index contributed by atoms with van der Waals surface area (Å²) in [5.74, 6) is 4.60. The summed E-state index contributed by atoms with van der Waals surface area (Å²) in [6.45, 7) is 4.48. The van der Waals surface area contributed by atoms with Crippen LogP contribution in [0.3, 0.4) is 0 Å². The van der Waals surface area contributed by atoms with Gasteiger partial charge in [0.25, 0.3) is 0 Å². The van der Waals surface area contributed by atoms with Crippen LogP contribution < -0.4 is 0 Å².